The number of hydrogen-bond donors (Lipinski definition) is 3. The first kappa shape index (κ1) is 18.9. The number of rotatable bonds is 5. The number of nitrogens with zero attached hydrogens (tertiary/aromatic N) is 1. The molecule has 0 aliphatic heterocycles. The topological polar surface area (TPSA) is 122 Å². The summed E-state index contributed by atoms with van der Waals surface area (Å²) >= 11 is 0. The van der Waals surface area contributed by atoms with Gasteiger partial charge in [-0.05, 0) is 43.3 Å². The summed E-state index contributed by atoms with van der Waals surface area (Å²) in [5.74, 6) is -0.451. The number of ether oxygens (including phenoxy) is 1. The molecule has 0 saturated carbocycles. The zero-order valence-electron chi connectivity index (χ0n) is 15.0. The van der Waals surface area contributed by atoms with Crippen LogP contribution in [0.15, 0.2) is 58.1 Å². The summed E-state index contributed by atoms with van der Waals surface area (Å²) in [5, 5.41) is 5.36. The standard InChI is InChI=1S/C19H18N4O5/c1-2-28-17(25)12-7-9-13(10-8-12)21-18(26)20-11-23-16(24)14-5-3-4-6-15(14)22-19(23)27/h3-10H,2,11H2,1H3,(H,22,27)(H2,20,21,26). The van der Waals surface area contributed by atoms with Crippen molar-refractivity contribution in [2.75, 3.05) is 11.9 Å². The van der Waals surface area contributed by atoms with Crippen LogP contribution >= 0.6 is 0 Å². The van der Waals surface area contributed by atoms with Crippen LogP contribution in [0.4, 0.5) is 10.5 Å². The predicted molar refractivity (Wildman–Crippen MR) is 103 cm³/mol. The minimum Gasteiger partial charge on any atom is -0.462 e. The highest BCUT2D eigenvalue weighted by atomic mass is 16.5. The molecule has 28 heavy (non-hydrogen) atoms. The second-order valence-electron chi connectivity index (χ2n) is 5.80. The third-order valence-corrected chi connectivity index (χ3v) is 3.94. The first-order valence-corrected chi connectivity index (χ1v) is 8.53. The molecule has 3 rings (SSSR count). The maximum atomic E-state index is 12.4. The van der Waals surface area contributed by atoms with Crippen LogP contribution in [-0.4, -0.2) is 28.2 Å². The normalized spacial score (nSPS) is 10.5. The van der Waals surface area contributed by atoms with Crippen molar-refractivity contribution in [3.8, 4) is 0 Å². The lowest BCUT2D eigenvalue weighted by Gasteiger charge is -2.10. The first-order chi connectivity index (χ1) is 13.5. The minimum atomic E-state index is -0.622. The number of carbonyl (C=O) groups excluding carboxylic acids is 2. The molecule has 2 amide bonds. The highest BCUT2D eigenvalue weighted by Crippen LogP contribution is 2.10. The lowest BCUT2D eigenvalue weighted by Crippen LogP contribution is -2.42. The van der Waals surface area contributed by atoms with Gasteiger partial charge in [0.2, 0.25) is 0 Å². The number of aromatic amines is 1. The molecular formula is C19H18N4O5. The molecule has 0 aliphatic rings. The maximum Gasteiger partial charge on any atom is 0.338 e. The van der Waals surface area contributed by atoms with Gasteiger partial charge < -0.3 is 20.4 Å². The van der Waals surface area contributed by atoms with E-state index in [4.69, 9.17) is 4.74 Å². The van der Waals surface area contributed by atoms with Crippen LogP contribution in [-0.2, 0) is 11.4 Å². The third-order valence-electron chi connectivity index (χ3n) is 3.94. The number of anilines is 1. The van der Waals surface area contributed by atoms with E-state index in [0.717, 1.165) is 4.57 Å². The summed E-state index contributed by atoms with van der Waals surface area (Å²) in [4.78, 5) is 50.7. The molecule has 144 valence electrons. The second-order valence-corrected chi connectivity index (χ2v) is 5.80. The number of nitrogens with one attached hydrogen (secondary N) is 3. The van der Waals surface area contributed by atoms with E-state index in [9.17, 15) is 19.2 Å². The Hall–Kier alpha value is -3.88. The smallest absolute Gasteiger partial charge is 0.338 e. The van der Waals surface area contributed by atoms with Crippen LogP contribution < -0.4 is 21.9 Å². The molecule has 0 atom stereocenters. The van der Waals surface area contributed by atoms with E-state index < -0.39 is 23.2 Å². The van der Waals surface area contributed by atoms with Gasteiger partial charge in [-0.1, -0.05) is 12.1 Å². The van der Waals surface area contributed by atoms with Crippen molar-refractivity contribution in [1.82, 2.24) is 14.9 Å². The van der Waals surface area contributed by atoms with Crippen molar-refractivity contribution in [2.45, 2.75) is 13.6 Å². The van der Waals surface area contributed by atoms with E-state index in [2.05, 4.69) is 15.6 Å². The summed E-state index contributed by atoms with van der Waals surface area (Å²) in [6, 6.07) is 12.1. The number of carbonyl (C=O) groups is 2. The second kappa shape index (κ2) is 8.21. The lowest BCUT2D eigenvalue weighted by molar-refractivity contribution is 0.0526. The molecule has 0 saturated heterocycles. The Labute approximate surface area is 159 Å². The van der Waals surface area contributed by atoms with Crippen molar-refractivity contribution < 1.29 is 14.3 Å². The summed E-state index contributed by atoms with van der Waals surface area (Å²) in [6.07, 6.45) is 0. The zero-order valence-corrected chi connectivity index (χ0v) is 15.0. The summed E-state index contributed by atoms with van der Waals surface area (Å²) < 4.78 is 5.78. The number of H-pyrrole nitrogens is 1. The van der Waals surface area contributed by atoms with Gasteiger partial charge in [0.1, 0.15) is 6.67 Å². The highest BCUT2D eigenvalue weighted by Gasteiger charge is 2.10. The van der Waals surface area contributed by atoms with Gasteiger partial charge in [-0.2, -0.15) is 0 Å². The van der Waals surface area contributed by atoms with Crippen molar-refractivity contribution >= 4 is 28.6 Å². The zero-order chi connectivity index (χ0) is 20.1. The van der Waals surface area contributed by atoms with Crippen LogP contribution in [0.5, 0.6) is 0 Å². The van der Waals surface area contributed by atoms with Gasteiger partial charge >= 0.3 is 17.7 Å². The van der Waals surface area contributed by atoms with Gasteiger partial charge in [0.15, 0.2) is 0 Å². The number of aromatic nitrogens is 2. The molecule has 0 bridgehead atoms. The molecule has 1 aromatic heterocycles. The molecule has 3 N–H and O–H groups in total. The van der Waals surface area contributed by atoms with Gasteiger partial charge in [0.25, 0.3) is 5.56 Å². The Morgan fingerprint density at radius 2 is 1.79 bits per heavy atom. The number of amides is 2. The van der Waals surface area contributed by atoms with Crippen molar-refractivity contribution in [3.63, 3.8) is 0 Å². The fraction of sp³-hybridized carbons (Fsp3) is 0.158. The van der Waals surface area contributed by atoms with E-state index in [1.807, 2.05) is 0 Å². The lowest BCUT2D eigenvalue weighted by atomic mass is 10.2. The molecule has 2 aromatic carbocycles. The minimum absolute atomic E-state index is 0.272. The molecular weight excluding hydrogens is 364 g/mol. The summed E-state index contributed by atoms with van der Waals surface area (Å²) in [5.41, 5.74) is 0.105. The number of esters is 1. The Morgan fingerprint density at radius 3 is 2.50 bits per heavy atom. The fourth-order valence-corrected chi connectivity index (χ4v) is 2.57. The van der Waals surface area contributed by atoms with Gasteiger partial charge in [0, 0.05) is 5.69 Å². The molecule has 9 heteroatoms. The average molecular weight is 382 g/mol. The van der Waals surface area contributed by atoms with Crippen molar-refractivity contribution in [2.24, 2.45) is 0 Å². The number of para-hydroxylation sites is 1. The fourth-order valence-electron chi connectivity index (χ4n) is 2.57. The summed E-state index contributed by atoms with van der Waals surface area (Å²) in [7, 11) is 0. The summed E-state index contributed by atoms with van der Waals surface area (Å²) in [6.45, 7) is 1.68. The van der Waals surface area contributed by atoms with E-state index >= 15 is 0 Å². The largest absolute Gasteiger partial charge is 0.462 e. The number of benzene rings is 2. The van der Waals surface area contributed by atoms with Gasteiger partial charge in [-0.3, -0.25) is 4.79 Å². The Balaban J connectivity index is 1.66. The Morgan fingerprint density at radius 1 is 1.07 bits per heavy atom. The van der Waals surface area contributed by atoms with Crippen LogP contribution in [0.3, 0.4) is 0 Å². The number of hydrogen-bond acceptors (Lipinski definition) is 5. The number of urea groups is 1. The first-order valence-electron chi connectivity index (χ1n) is 8.53. The molecule has 0 aliphatic carbocycles. The Bertz CT molecular complexity index is 1130. The van der Waals surface area contributed by atoms with E-state index in [-0.39, 0.29) is 13.3 Å². The molecule has 0 fully saturated rings. The third kappa shape index (κ3) is 4.09. The quantitative estimate of drug-likeness (QED) is 0.579. The predicted octanol–water partition coefficient (Wildman–Crippen LogP) is 1.65. The van der Waals surface area contributed by atoms with Crippen LogP contribution in [0.2, 0.25) is 0 Å². The Kier molecular flexibility index (Phi) is 5.54. The van der Waals surface area contributed by atoms with Gasteiger partial charge in [0.05, 0.1) is 23.1 Å². The number of fused-ring (bicyclic) bond motifs is 1. The van der Waals surface area contributed by atoms with E-state index in [1.165, 1.54) is 12.1 Å². The molecule has 0 radical (unpaired) electrons. The average Bonchev–Trinajstić information content (AvgIpc) is 2.68. The maximum absolute atomic E-state index is 12.4. The van der Waals surface area contributed by atoms with E-state index in [1.54, 1.807) is 43.3 Å². The van der Waals surface area contributed by atoms with Crippen LogP contribution in [0.25, 0.3) is 10.9 Å². The molecule has 3 aromatic rings. The molecule has 0 unspecified atom stereocenters. The van der Waals surface area contributed by atoms with Crippen LogP contribution in [0, 0.1) is 0 Å². The van der Waals surface area contributed by atoms with Gasteiger partial charge in [-0.15, -0.1) is 0 Å². The monoisotopic (exact) mass is 382 g/mol. The SMILES string of the molecule is CCOC(=O)c1ccc(NC(=O)NCn2c(=O)[nH]c3ccccc3c2=O)cc1. The molecule has 0 spiro atoms. The van der Waals surface area contributed by atoms with Gasteiger partial charge in [-0.25, -0.2) is 19.0 Å². The molecule has 1 heterocycles. The van der Waals surface area contributed by atoms with E-state index in [0.29, 0.717) is 22.2 Å². The van der Waals surface area contributed by atoms with Crippen molar-refractivity contribution in [1.29, 1.82) is 0 Å². The van der Waals surface area contributed by atoms with Crippen LogP contribution in [0.1, 0.15) is 17.3 Å². The highest BCUT2D eigenvalue weighted by molar-refractivity contribution is 5.92. The van der Waals surface area contributed by atoms with Crippen molar-refractivity contribution in [3.05, 3.63) is 74.9 Å². The molecule has 9 nitrogen and oxygen atoms in total.